The number of hydrogen-bond acceptors (Lipinski definition) is 2. The number of halogens is 2. The minimum Gasteiger partial charge on any atom is -0.392 e. The van der Waals surface area contributed by atoms with E-state index in [2.05, 4.69) is 13.8 Å². The van der Waals surface area contributed by atoms with E-state index in [1.54, 1.807) is 12.1 Å². The molecule has 0 bridgehead atoms. The predicted octanol–water partition coefficient (Wildman–Crippen LogP) is 4.10. The lowest BCUT2D eigenvalue weighted by atomic mass is 9.64. The first-order valence-corrected chi connectivity index (χ1v) is 8.08. The van der Waals surface area contributed by atoms with Crippen molar-refractivity contribution in [1.82, 2.24) is 0 Å². The van der Waals surface area contributed by atoms with Crippen LogP contribution in [0.3, 0.4) is 0 Å². The summed E-state index contributed by atoms with van der Waals surface area (Å²) >= 11 is 6.15. The molecule has 3 atom stereocenters. The normalized spacial score (nSPS) is 24.6. The van der Waals surface area contributed by atoms with E-state index in [0.29, 0.717) is 10.6 Å². The molecule has 4 heteroatoms. The summed E-state index contributed by atoms with van der Waals surface area (Å²) in [7, 11) is 0. The smallest absolute Gasteiger partial charge is 0.128 e. The lowest BCUT2D eigenvalue weighted by Crippen LogP contribution is -2.42. The third-order valence-corrected chi connectivity index (χ3v) is 5.37. The SMILES string of the molecule is CC1(C)CCCCC1C(O)C(CN)c1c(F)cccc1Cl. The van der Waals surface area contributed by atoms with Crippen LogP contribution < -0.4 is 5.73 Å². The third-order valence-electron chi connectivity index (χ3n) is 5.04. The van der Waals surface area contributed by atoms with Gasteiger partial charge in [-0.05, 0) is 36.3 Å². The maximum absolute atomic E-state index is 14.2. The second kappa shape index (κ2) is 6.64. The molecule has 3 N–H and O–H groups in total. The first-order chi connectivity index (χ1) is 9.88. The van der Waals surface area contributed by atoms with Crippen LogP contribution in [0.25, 0.3) is 0 Å². The van der Waals surface area contributed by atoms with Crippen molar-refractivity contribution >= 4 is 11.6 Å². The Balaban J connectivity index is 2.32. The topological polar surface area (TPSA) is 46.2 Å². The van der Waals surface area contributed by atoms with Crippen LogP contribution in [0.1, 0.15) is 51.0 Å². The fraction of sp³-hybridized carbons (Fsp3) is 0.647. The molecule has 3 unspecified atom stereocenters. The van der Waals surface area contributed by atoms with E-state index < -0.39 is 12.0 Å². The molecular weight excluding hydrogens is 289 g/mol. The summed E-state index contributed by atoms with van der Waals surface area (Å²) in [6.07, 6.45) is 3.66. The van der Waals surface area contributed by atoms with Gasteiger partial charge in [-0.3, -0.25) is 0 Å². The van der Waals surface area contributed by atoms with Gasteiger partial charge in [-0.1, -0.05) is 44.4 Å². The van der Waals surface area contributed by atoms with E-state index in [0.717, 1.165) is 19.3 Å². The molecule has 0 saturated heterocycles. The van der Waals surface area contributed by atoms with E-state index in [4.69, 9.17) is 17.3 Å². The van der Waals surface area contributed by atoms with Crippen molar-refractivity contribution < 1.29 is 9.50 Å². The van der Waals surface area contributed by atoms with E-state index in [1.165, 1.54) is 12.5 Å². The van der Waals surface area contributed by atoms with Crippen molar-refractivity contribution in [1.29, 1.82) is 0 Å². The quantitative estimate of drug-likeness (QED) is 0.879. The number of nitrogens with two attached hydrogens (primary N) is 1. The lowest BCUT2D eigenvalue weighted by molar-refractivity contribution is -0.00950. The van der Waals surface area contributed by atoms with Crippen LogP contribution >= 0.6 is 11.6 Å². The Hall–Kier alpha value is -0.640. The molecule has 1 aliphatic carbocycles. The van der Waals surface area contributed by atoms with Gasteiger partial charge in [-0.2, -0.15) is 0 Å². The number of aliphatic hydroxyl groups excluding tert-OH is 1. The molecule has 2 nitrogen and oxygen atoms in total. The molecule has 0 aromatic heterocycles. The molecule has 118 valence electrons. The maximum atomic E-state index is 14.2. The van der Waals surface area contributed by atoms with Crippen LogP contribution in [0.2, 0.25) is 5.02 Å². The van der Waals surface area contributed by atoms with Gasteiger partial charge in [-0.25, -0.2) is 4.39 Å². The van der Waals surface area contributed by atoms with Crippen molar-refractivity contribution in [2.24, 2.45) is 17.1 Å². The molecule has 0 radical (unpaired) electrons. The van der Waals surface area contributed by atoms with Crippen LogP contribution in [-0.2, 0) is 0 Å². The zero-order valence-corrected chi connectivity index (χ0v) is 13.5. The second-order valence-electron chi connectivity index (χ2n) is 6.81. The molecule has 1 aliphatic rings. The fourth-order valence-corrected chi connectivity index (χ4v) is 4.03. The predicted molar refractivity (Wildman–Crippen MR) is 85.0 cm³/mol. The van der Waals surface area contributed by atoms with Gasteiger partial charge in [0.2, 0.25) is 0 Å². The summed E-state index contributed by atoms with van der Waals surface area (Å²) in [6.45, 7) is 4.54. The molecule has 2 rings (SSSR count). The van der Waals surface area contributed by atoms with Gasteiger partial charge in [0.25, 0.3) is 0 Å². The minimum absolute atomic E-state index is 0.0445. The molecule has 1 aromatic rings. The van der Waals surface area contributed by atoms with Gasteiger partial charge < -0.3 is 10.8 Å². The third kappa shape index (κ3) is 3.41. The molecule has 0 heterocycles. The Morgan fingerprint density at radius 1 is 1.43 bits per heavy atom. The molecule has 1 fully saturated rings. The van der Waals surface area contributed by atoms with E-state index in [9.17, 15) is 9.50 Å². The average Bonchev–Trinajstić information content (AvgIpc) is 2.42. The van der Waals surface area contributed by atoms with Gasteiger partial charge >= 0.3 is 0 Å². The van der Waals surface area contributed by atoms with Crippen molar-refractivity contribution in [3.8, 4) is 0 Å². The first-order valence-electron chi connectivity index (χ1n) is 7.70. The molecule has 1 aromatic carbocycles. The van der Waals surface area contributed by atoms with Crippen LogP contribution in [0.5, 0.6) is 0 Å². The standard InChI is InChI=1S/C17H25ClFNO/c1-17(2)9-4-3-6-12(17)16(21)11(10-20)15-13(18)7-5-8-14(15)19/h5,7-8,11-12,16,21H,3-4,6,9-10,20H2,1-2H3. The van der Waals surface area contributed by atoms with Crippen molar-refractivity contribution in [3.05, 3.63) is 34.6 Å². The summed E-state index contributed by atoms with van der Waals surface area (Å²) in [5, 5.41) is 11.2. The second-order valence-corrected chi connectivity index (χ2v) is 7.22. The van der Waals surface area contributed by atoms with Crippen LogP contribution in [0, 0.1) is 17.2 Å². The van der Waals surface area contributed by atoms with Gasteiger partial charge in [-0.15, -0.1) is 0 Å². The number of aliphatic hydroxyl groups is 1. The van der Waals surface area contributed by atoms with Crippen molar-refractivity contribution in [2.45, 2.75) is 51.6 Å². The van der Waals surface area contributed by atoms with Crippen molar-refractivity contribution in [2.75, 3.05) is 6.54 Å². The van der Waals surface area contributed by atoms with E-state index >= 15 is 0 Å². The van der Waals surface area contributed by atoms with Crippen LogP contribution in [0.4, 0.5) is 4.39 Å². The lowest BCUT2D eigenvalue weighted by Gasteiger charge is -2.43. The maximum Gasteiger partial charge on any atom is 0.128 e. The van der Waals surface area contributed by atoms with Crippen LogP contribution in [0.15, 0.2) is 18.2 Å². The van der Waals surface area contributed by atoms with Gasteiger partial charge in [0.15, 0.2) is 0 Å². The molecule has 0 aliphatic heterocycles. The summed E-state index contributed by atoms with van der Waals surface area (Å²) in [5.41, 5.74) is 6.25. The van der Waals surface area contributed by atoms with E-state index in [-0.39, 0.29) is 23.7 Å². The Kier molecular flexibility index (Phi) is 5.29. The molecule has 0 spiro atoms. The zero-order chi connectivity index (χ0) is 15.6. The Labute approximate surface area is 131 Å². The highest BCUT2D eigenvalue weighted by Gasteiger charge is 2.41. The molecule has 0 amide bonds. The van der Waals surface area contributed by atoms with Crippen molar-refractivity contribution in [3.63, 3.8) is 0 Å². The Bertz CT molecular complexity index is 471. The number of benzene rings is 1. The summed E-state index contributed by atoms with van der Waals surface area (Å²) in [4.78, 5) is 0. The molecule has 1 saturated carbocycles. The largest absolute Gasteiger partial charge is 0.392 e. The number of hydrogen-bond donors (Lipinski definition) is 2. The van der Waals surface area contributed by atoms with Crippen LogP contribution in [-0.4, -0.2) is 17.8 Å². The Morgan fingerprint density at radius 3 is 2.71 bits per heavy atom. The highest BCUT2D eigenvalue weighted by Crippen LogP contribution is 2.46. The first kappa shape index (κ1) is 16.7. The summed E-state index contributed by atoms with van der Waals surface area (Å²) < 4.78 is 14.2. The summed E-state index contributed by atoms with van der Waals surface area (Å²) in [5.74, 6) is -0.720. The fourth-order valence-electron chi connectivity index (χ4n) is 3.73. The highest BCUT2D eigenvalue weighted by molar-refractivity contribution is 6.31. The Morgan fingerprint density at radius 2 is 2.14 bits per heavy atom. The molecule has 21 heavy (non-hydrogen) atoms. The van der Waals surface area contributed by atoms with Gasteiger partial charge in [0, 0.05) is 23.0 Å². The highest BCUT2D eigenvalue weighted by atomic mass is 35.5. The van der Waals surface area contributed by atoms with E-state index in [1.807, 2.05) is 0 Å². The minimum atomic E-state index is -0.667. The summed E-state index contributed by atoms with van der Waals surface area (Å²) in [6, 6.07) is 4.61. The zero-order valence-electron chi connectivity index (χ0n) is 12.8. The van der Waals surface area contributed by atoms with Gasteiger partial charge in [0.1, 0.15) is 5.82 Å². The van der Waals surface area contributed by atoms with Gasteiger partial charge in [0.05, 0.1) is 6.10 Å². The monoisotopic (exact) mass is 313 g/mol. The molecular formula is C17H25ClFNO. The average molecular weight is 314 g/mol. The number of rotatable bonds is 4.